The highest BCUT2D eigenvalue weighted by Gasteiger charge is 2.16. The summed E-state index contributed by atoms with van der Waals surface area (Å²) in [4.78, 5) is 19.5. The quantitative estimate of drug-likeness (QED) is 0.500. The van der Waals surface area contributed by atoms with Crippen LogP contribution in [0.2, 0.25) is 0 Å². The lowest BCUT2D eigenvalue weighted by Crippen LogP contribution is -2.31. The molecule has 0 saturated carbocycles. The molecule has 0 heterocycles. The largest absolute Gasteiger partial charge is 0.481 e. The third-order valence-electron chi connectivity index (χ3n) is 0.697. The topological polar surface area (TPSA) is 100 Å². The Hall–Kier alpha value is -1.10. The van der Waals surface area contributed by atoms with Crippen LogP contribution in [0.1, 0.15) is 6.42 Å². The van der Waals surface area contributed by atoms with Gasteiger partial charge in [-0.15, -0.1) is 0 Å². The van der Waals surface area contributed by atoms with E-state index in [2.05, 4.69) is 0 Å². The number of hydrogen-bond donors (Lipinski definition) is 2. The number of rotatable bonds is 3. The predicted octanol–water partition coefficient (Wildman–Crippen LogP) is -1.25. The van der Waals surface area contributed by atoms with Gasteiger partial charge in [0.2, 0.25) is 0 Å². The van der Waals surface area contributed by atoms with E-state index in [1.807, 2.05) is 0 Å². The van der Waals surface area contributed by atoms with Gasteiger partial charge in [0.15, 0.2) is 0 Å². The average molecular weight is 132 g/mol. The van der Waals surface area contributed by atoms with Crippen LogP contribution in [0, 0.1) is 0 Å². The maximum Gasteiger partial charge on any atom is 0.372 e. The predicted molar refractivity (Wildman–Crippen MR) is 25.9 cm³/mol. The number of carbonyl (C=O) groups is 2. The number of carboxylic acids is 1. The summed E-state index contributed by atoms with van der Waals surface area (Å²) in [5.41, 5.74) is 4.77. The molecule has 0 amide bonds. The molecule has 0 aliphatic rings. The smallest absolute Gasteiger partial charge is 0.372 e. The van der Waals surface area contributed by atoms with Crippen molar-refractivity contribution in [2.45, 2.75) is 12.5 Å². The Morgan fingerprint density at radius 1 is 1.56 bits per heavy atom. The lowest BCUT2D eigenvalue weighted by molar-refractivity contribution is -0.149. The third kappa shape index (κ3) is 3.48. The van der Waals surface area contributed by atoms with E-state index >= 15 is 0 Å². The maximum atomic E-state index is 9.74. The fourth-order valence-corrected chi connectivity index (χ4v) is 0.271. The number of carboxylic acid groups (broad SMARTS) is 1. The second-order valence-corrected chi connectivity index (χ2v) is 1.52. The van der Waals surface area contributed by atoms with Gasteiger partial charge in [0.05, 0.1) is 6.42 Å². The first-order valence-corrected chi connectivity index (χ1v) is 2.22. The van der Waals surface area contributed by atoms with Crippen LogP contribution in [0.3, 0.4) is 0 Å². The van der Waals surface area contributed by atoms with Crippen molar-refractivity contribution in [1.29, 1.82) is 0 Å². The van der Waals surface area contributed by atoms with Gasteiger partial charge in [-0.25, -0.2) is 9.90 Å². The van der Waals surface area contributed by atoms with Crippen molar-refractivity contribution in [2.24, 2.45) is 5.73 Å². The first kappa shape index (κ1) is 7.90. The molecule has 51 valence electrons. The molecule has 0 spiro atoms. The molecular weight excluding hydrogens is 126 g/mol. The molecule has 0 aliphatic heterocycles. The van der Waals surface area contributed by atoms with Gasteiger partial charge in [-0.05, 0) is 0 Å². The fourth-order valence-electron chi connectivity index (χ4n) is 0.271. The number of hydrogen-bond acceptors (Lipinski definition) is 3. The monoisotopic (exact) mass is 132 g/mol. The van der Waals surface area contributed by atoms with Gasteiger partial charge in [-0.3, -0.25) is 4.79 Å². The normalized spacial score (nSPS) is 12.6. The van der Waals surface area contributed by atoms with Crippen LogP contribution in [-0.4, -0.2) is 23.1 Å². The molecule has 9 heavy (non-hydrogen) atoms. The summed E-state index contributed by atoms with van der Waals surface area (Å²) in [6.07, 6.45) is -0.595. The molecule has 0 aliphatic carbocycles. The molecular formula is C4H6NO4. The van der Waals surface area contributed by atoms with Gasteiger partial charge < -0.3 is 10.8 Å². The molecule has 0 aromatic carbocycles. The lowest BCUT2D eigenvalue weighted by atomic mass is 10.2. The van der Waals surface area contributed by atoms with E-state index in [-0.39, 0.29) is 0 Å². The minimum atomic E-state index is -1.54. The Bertz CT molecular complexity index is 133. The Labute approximate surface area is 51.1 Å². The summed E-state index contributed by atoms with van der Waals surface area (Å²) in [6.45, 7) is 0. The summed E-state index contributed by atoms with van der Waals surface area (Å²) in [5, 5.41) is 17.7. The molecule has 0 bridgehead atoms. The molecule has 3 N–H and O–H groups in total. The zero-order chi connectivity index (χ0) is 7.44. The Balaban J connectivity index is 3.63. The van der Waals surface area contributed by atoms with Crippen LogP contribution in [0.5, 0.6) is 0 Å². The Kier molecular flexibility index (Phi) is 2.66. The molecule has 0 aromatic rings. The van der Waals surface area contributed by atoms with E-state index in [0.29, 0.717) is 0 Å². The highest BCUT2D eigenvalue weighted by Crippen LogP contribution is 1.86. The average Bonchev–Trinajstić information content (AvgIpc) is 1.63. The maximum absolute atomic E-state index is 9.74. The van der Waals surface area contributed by atoms with Gasteiger partial charge in [0.25, 0.3) is 0 Å². The summed E-state index contributed by atoms with van der Waals surface area (Å²) in [5.74, 6) is -2.79. The van der Waals surface area contributed by atoms with Crippen molar-refractivity contribution in [2.75, 3.05) is 0 Å². The van der Waals surface area contributed by atoms with Crippen molar-refractivity contribution in [1.82, 2.24) is 0 Å². The Morgan fingerprint density at radius 3 is 2.11 bits per heavy atom. The lowest BCUT2D eigenvalue weighted by Gasteiger charge is -1.96. The van der Waals surface area contributed by atoms with Gasteiger partial charge in [-0.1, -0.05) is 0 Å². The molecule has 0 aromatic heterocycles. The SMILES string of the molecule is N[C@@H](CC(=O)O)C([O])=O. The van der Waals surface area contributed by atoms with E-state index in [4.69, 9.17) is 10.8 Å². The van der Waals surface area contributed by atoms with E-state index < -0.39 is 24.4 Å². The first-order chi connectivity index (χ1) is 4.04. The van der Waals surface area contributed by atoms with Crippen molar-refractivity contribution in [3.05, 3.63) is 0 Å². The van der Waals surface area contributed by atoms with Crippen molar-refractivity contribution >= 4 is 11.9 Å². The van der Waals surface area contributed by atoms with Crippen LogP contribution in [0.15, 0.2) is 0 Å². The van der Waals surface area contributed by atoms with Crippen molar-refractivity contribution in [3.8, 4) is 0 Å². The second-order valence-electron chi connectivity index (χ2n) is 1.52. The van der Waals surface area contributed by atoms with Gasteiger partial charge >= 0.3 is 11.9 Å². The second kappa shape index (κ2) is 3.03. The van der Waals surface area contributed by atoms with Crippen LogP contribution in [-0.2, 0) is 14.7 Å². The first-order valence-electron chi connectivity index (χ1n) is 2.22. The number of carbonyl (C=O) groups excluding carboxylic acids is 1. The van der Waals surface area contributed by atoms with E-state index in [9.17, 15) is 14.7 Å². The summed E-state index contributed by atoms with van der Waals surface area (Å²) < 4.78 is 0. The molecule has 1 atom stereocenters. The highest BCUT2D eigenvalue weighted by molar-refractivity contribution is 5.79. The molecule has 5 heteroatoms. The highest BCUT2D eigenvalue weighted by atomic mass is 16.4. The summed E-state index contributed by atoms with van der Waals surface area (Å²) in [7, 11) is 0. The zero-order valence-corrected chi connectivity index (χ0v) is 4.53. The standard InChI is InChI=1S/C4H6NO4/c5-2(4(8)9)1-3(6)7/h2H,1,5H2,(H,6,7)/t2-/m0/s1. The van der Waals surface area contributed by atoms with Gasteiger partial charge in [0, 0.05) is 0 Å². The molecule has 1 radical (unpaired) electrons. The zero-order valence-electron chi connectivity index (χ0n) is 4.53. The van der Waals surface area contributed by atoms with Crippen LogP contribution in [0.4, 0.5) is 0 Å². The number of nitrogens with two attached hydrogens (primary N) is 1. The minimum Gasteiger partial charge on any atom is -0.481 e. The van der Waals surface area contributed by atoms with Crippen LogP contribution >= 0.6 is 0 Å². The molecule has 0 rings (SSSR count). The van der Waals surface area contributed by atoms with E-state index in [1.54, 1.807) is 0 Å². The third-order valence-corrected chi connectivity index (χ3v) is 0.697. The summed E-state index contributed by atoms with van der Waals surface area (Å²) in [6, 6.07) is -1.40. The van der Waals surface area contributed by atoms with E-state index in [1.165, 1.54) is 0 Å². The molecule has 5 nitrogen and oxygen atoms in total. The number of aliphatic carboxylic acids is 1. The van der Waals surface area contributed by atoms with E-state index in [0.717, 1.165) is 0 Å². The molecule has 0 unspecified atom stereocenters. The molecule has 0 saturated heterocycles. The van der Waals surface area contributed by atoms with Gasteiger partial charge in [-0.2, -0.15) is 0 Å². The Morgan fingerprint density at radius 2 is 2.00 bits per heavy atom. The minimum absolute atomic E-state index is 0.595. The van der Waals surface area contributed by atoms with Crippen LogP contribution in [0.25, 0.3) is 0 Å². The summed E-state index contributed by atoms with van der Waals surface area (Å²) >= 11 is 0. The fraction of sp³-hybridized carbons (Fsp3) is 0.500. The van der Waals surface area contributed by atoms with Gasteiger partial charge in [0.1, 0.15) is 6.04 Å². The van der Waals surface area contributed by atoms with Crippen LogP contribution < -0.4 is 5.73 Å². The van der Waals surface area contributed by atoms with Crippen molar-refractivity contribution in [3.63, 3.8) is 0 Å². The van der Waals surface area contributed by atoms with Crippen molar-refractivity contribution < 1.29 is 19.8 Å². The molecule has 0 fully saturated rings.